The lowest BCUT2D eigenvalue weighted by molar-refractivity contribution is -0.206. The molecule has 192 valence electrons. The number of amides is 2. The van der Waals surface area contributed by atoms with Crippen LogP contribution < -0.4 is 15.5 Å². The van der Waals surface area contributed by atoms with Gasteiger partial charge in [-0.15, -0.1) is 0 Å². The molecule has 0 radical (unpaired) electrons. The first-order valence-electron chi connectivity index (χ1n) is 11.6. The number of carbonyl (C=O) groups is 3. The maximum absolute atomic E-state index is 12.8. The molecule has 0 aromatic heterocycles. The predicted molar refractivity (Wildman–Crippen MR) is 121 cm³/mol. The summed E-state index contributed by atoms with van der Waals surface area (Å²) in [4.78, 5) is 38.3. The van der Waals surface area contributed by atoms with Crippen molar-refractivity contribution in [3.8, 4) is 0 Å². The number of rotatable bonds is 7. The normalized spacial score (nSPS) is 21.5. The van der Waals surface area contributed by atoms with Crippen molar-refractivity contribution in [2.45, 2.75) is 57.7 Å². The molecule has 3 atom stereocenters. The van der Waals surface area contributed by atoms with E-state index in [1.54, 1.807) is 11.0 Å². The fraction of sp³-hybridized carbons (Fsp3) is 0.542. The summed E-state index contributed by atoms with van der Waals surface area (Å²) in [6, 6.07) is 7.26. The highest BCUT2D eigenvalue weighted by molar-refractivity contribution is 6.03. The number of ether oxygens (including phenoxy) is 2. The number of anilines is 1. The highest BCUT2D eigenvalue weighted by Gasteiger charge is 2.42. The van der Waals surface area contributed by atoms with E-state index in [1.807, 2.05) is 38.1 Å². The number of para-hydroxylation sites is 1. The van der Waals surface area contributed by atoms with Crippen LogP contribution in [0.25, 0.3) is 0 Å². The number of esters is 1. The number of carbonyl (C=O) groups excluding carboxylic acids is 3. The Bertz CT molecular complexity index is 951. The first-order valence-corrected chi connectivity index (χ1v) is 11.6. The second kappa shape index (κ2) is 11.7. The summed E-state index contributed by atoms with van der Waals surface area (Å²) in [5.74, 6) is -2.74. The van der Waals surface area contributed by atoms with Crippen molar-refractivity contribution < 1.29 is 37.0 Å². The summed E-state index contributed by atoms with van der Waals surface area (Å²) in [5.41, 5.74) is 1.99. The Kier molecular flexibility index (Phi) is 8.90. The van der Waals surface area contributed by atoms with Crippen molar-refractivity contribution in [2.24, 2.45) is 5.92 Å². The van der Waals surface area contributed by atoms with Crippen LogP contribution in [-0.2, 0) is 30.3 Å². The Labute approximate surface area is 201 Å². The Morgan fingerprint density at radius 1 is 1.29 bits per heavy atom. The van der Waals surface area contributed by atoms with Gasteiger partial charge in [-0.25, -0.2) is 4.79 Å². The molecular weight excluding hydrogens is 467 g/mol. The number of benzene rings is 1. The van der Waals surface area contributed by atoms with E-state index in [2.05, 4.69) is 15.4 Å². The van der Waals surface area contributed by atoms with E-state index >= 15 is 0 Å². The average Bonchev–Trinajstić information content (AvgIpc) is 3.08. The van der Waals surface area contributed by atoms with Gasteiger partial charge in [0.15, 0.2) is 6.23 Å². The third-order valence-corrected chi connectivity index (χ3v) is 5.68. The topological polar surface area (TPSA) is 97.0 Å². The number of alkyl halides is 3. The molecule has 2 heterocycles. The van der Waals surface area contributed by atoms with Crippen LogP contribution in [0.1, 0.15) is 32.3 Å². The predicted octanol–water partition coefficient (Wildman–Crippen LogP) is 2.47. The van der Waals surface area contributed by atoms with E-state index in [1.165, 1.54) is 6.08 Å². The summed E-state index contributed by atoms with van der Waals surface area (Å²) >= 11 is 0. The van der Waals surface area contributed by atoms with Gasteiger partial charge in [0.2, 0.25) is 0 Å². The molecule has 3 rings (SSSR count). The molecule has 0 saturated carbocycles. The van der Waals surface area contributed by atoms with E-state index in [4.69, 9.17) is 4.74 Å². The van der Waals surface area contributed by atoms with Crippen LogP contribution in [0.15, 0.2) is 36.4 Å². The minimum atomic E-state index is -5.10. The van der Waals surface area contributed by atoms with Gasteiger partial charge in [0.1, 0.15) is 6.10 Å². The monoisotopic (exact) mass is 497 g/mol. The average molecular weight is 498 g/mol. The smallest absolute Gasteiger partial charge is 0.440 e. The summed E-state index contributed by atoms with van der Waals surface area (Å²) in [7, 11) is 0. The largest absolute Gasteiger partial charge is 0.490 e. The van der Waals surface area contributed by atoms with Crippen LogP contribution in [0.2, 0.25) is 0 Å². The van der Waals surface area contributed by atoms with Gasteiger partial charge in [-0.05, 0) is 30.4 Å². The number of fused-ring (bicyclic) bond motifs is 1. The van der Waals surface area contributed by atoms with E-state index < -0.39 is 36.4 Å². The van der Waals surface area contributed by atoms with Gasteiger partial charge >= 0.3 is 12.1 Å². The summed E-state index contributed by atoms with van der Waals surface area (Å²) in [6.07, 6.45) is -2.88. The van der Waals surface area contributed by atoms with Gasteiger partial charge in [-0.2, -0.15) is 13.2 Å². The zero-order chi connectivity index (χ0) is 25.6. The standard InChI is InChI=1S/C24H30F3N3O5/c1-15(2)13-17(7-8-21(31)30-11-9-16-5-3-4-6-18(16)30)29-22(32)19-14-28-20(10-12-34-19)35-23(33)24(25,26)27/h3-8,15,17,19-20,28H,9-14H2,1-2H3,(H,29,32)/b8-7+/t17-,19+,20?/m1/s1. The van der Waals surface area contributed by atoms with Gasteiger partial charge in [-0.1, -0.05) is 38.1 Å². The van der Waals surface area contributed by atoms with Gasteiger partial charge in [0, 0.05) is 37.3 Å². The molecule has 2 amide bonds. The van der Waals surface area contributed by atoms with Crippen molar-refractivity contribution in [3.05, 3.63) is 42.0 Å². The number of nitrogens with one attached hydrogen (secondary N) is 2. The van der Waals surface area contributed by atoms with E-state index in [-0.39, 0.29) is 31.4 Å². The summed E-state index contributed by atoms with van der Waals surface area (Å²) in [6.45, 7) is 4.34. The van der Waals surface area contributed by atoms with Gasteiger partial charge in [-0.3, -0.25) is 14.9 Å². The van der Waals surface area contributed by atoms with Gasteiger partial charge in [0.05, 0.1) is 6.61 Å². The van der Waals surface area contributed by atoms with Crippen molar-refractivity contribution in [1.82, 2.24) is 10.6 Å². The molecule has 2 aliphatic rings. The second-order valence-corrected chi connectivity index (χ2v) is 8.92. The summed E-state index contributed by atoms with van der Waals surface area (Å²) < 4.78 is 47.1. The van der Waals surface area contributed by atoms with E-state index in [0.717, 1.165) is 17.7 Å². The van der Waals surface area contributed by atoms with Gasteiger partial charge < -0.3 is 19.7 Å². The van der Waals surface area contributed by atoms with Crippen molar-refractivity contribution in [2.75, 3.05) is 24.6 Å². The Balaban J connectivity index is 1.57. The molecule has 35 heavy (non-hydrogen) atoms. The molecule has 1 unspecified atom stereocenters. The van der Waals surface area contributed by atoms with Crippen molar-refractivity contribution in [1.29, 1.82) is 0 Å². The molecule has 0 spiro atoms. The molecule has 8 nitrogen and oxygen atoms in total. The van der Waals surface area contributed by atoms with Crippen molar-refractivity contribution in [3.63, 3.8) is 0 Å². The minimum absolute atomic E-state index is 0.0350. The fourth-order valence-electron chi connectivity index (χ4n) is 4.01. The fourth-order valence-corrected chi connectivity index (χ4v) is 4.01. The molecule has 2 N–H and O–H groups in total. The van der Waals surface area contributed by atoms with Crippen LogP contribution in [0.5, 0.6) is 0 Å². The van der Waals surface area contributed by atoms with E-state index in [9.17, 15) is 27.6 Å². The Morgan fingerprint density at radius 3 is 2.74 bits per heavy atom. The molecule has 11 heteroatoms. The maximum Gasteiger partial charge on any atom is 0.490 e. The lowest BCUT2D eigenvalue weighted by atomic mass is 10.0. The third kappa shape index (κ3) is 7.53. The molecule has 1 aromatic rings. The second-order valence-electron chi connectivity index (χ2n) is 8.92. The molecule has 0 aliphatic carbocycles. The van der Waals surface area contributed by atoms with Gasteiger partial charge in [0.25, 0.3) is 11.8 Å². The quantitative estimate of drug-likeness (QED) is 0.444. The first-order chi connectivity index (χ1) is 16.5. The highest BCUT2D eigenvalue weighted by atomic mass is 19.4. The molecule has 1 aromatic carbocycles. The summed E-state index contributed by atoms with van der Waals surface area (Å²) in [5, 5.41) is 5.46. The van der Waals surface area contributed by atoms with Crippen LogP contribution >= 0.6 is 0 Å². The van der Waals surface area contributed by atoms with Crippen LogP contribution in [-0.4, -0.2) is 62.0 Å². The van der Waals surface area contributed by atoms with E-state index in [0.29, 0.717) is 13.0 Å². The van der Waals surface area contributed by atoms with Crippen LogP contribution in [0.3, 0.4) is 0 Å². The maximum atomic E-state index is 12.8. The SMILES string of the molecule is CC(C)C[C@@H](/C=C/C(=O)N1CCc2ccccc21)NC(=O)[C@@H]1CNC(OC(=O)C(F)(F)F)CCO1. The number of nitrogens with zero attached hydrogens (tertiary/aromatic N) is 1. The number of hydrogen-bond donors (Lipinski definition) is 2. The third-order valence-electron chi connectivity index (χ3n) is 5.68. The lowest BCUT2D eigenvalue weighted by Crippen LogP contribution is -2.47. The Hall–Kier alpha value is -2.92. The molecule has 0 bridgehead atoms. The van der Waals surface area contributed by atoms with Crippen molar-refractivity contribution >= 4 is 23.5 Å². The minimum Gasteiger partial charge on any atom is -0.440 e. The zero-order valence-corrected chi connectivity index (χ0v) is 19.6. The lowest BCUT2D eigenvalue weighted by Gasteiger charge is -2.22. The molecular formula is C24H30F3N3O5. The number of hydrogen-bond acceptors (Lipinski definition) is 6. The first kappa shape index (κ1) is 26.7. The zero-order valence-electron chi connectivity index (χ0n) is 19.6. The molecule has 1 saturated heterocycles. The Morgan fingerprint density at radius 2 is 2.03 bits per heavy atom. The molecule has 1 fully saturated rings. The number of halogens is 3. The molecule has 2 aliphatic heterocycles. The highest BCUT2D eigenvalue weighted by Crippen LogP contribution is 2.27. The van der Waals surface area contributed by atoms with Crippen LogP contribution in [0.4, 0.5) is 18.9 Å². The van der Waals surface area contributed by atoms with Crippen LogP contribution in [0, 0.1) is 5.92 Å².